The van der Waals surface area contributed by atoms with Gasteiger partial charge in [0.05, 0.1) is 0 Å². The van der Waals surface area contributed by atoms with Crippen molar-refractivity contribution in [2.45, 2.75) is 45.2 Å². The fraction of sp³-hybridized carbons (Fsp3) is 0.625. The predicted octanol–water partition coefficient (Wildman–Crippen LogP) is 3.17. The molecular weight excluding hydrogens is 220 g/mol. The van der Waals surface area contributed by atoms with Crippen molar-refractivity contribution < 1.29 is 0 Å². The second-order valence-corrected chi connectivity index (χ2v) is 5.67. The average molecular weight is 244 g/mol. The molecule has 2 nitrogen and oxygen atoms in total. The number of nitrogens with zero attached hydrogens (tertiary/aromatic N) is 1. The van der Waals surface area contributed by atoms with Crippen LogP contribution in [-0.4, -0.2) is 19.1 Å². The Morgan fingerprint density at radius 1 is 1.28 bits per heavy atom. The molecule has 1 aliphatic heterocycles. The summed E-state index contributed by atoms with van der Waals surface area (Å²) in [6.45, 7) is 5.65. The fourth-order valence-electron chi connectivity index (χ4n) is 3.73. The number of hydrogen-bond acceptors (Lipinski definition) is 2. The molecule has 2 aliphatic rings. The second kappa shape index (κ2) is 5.31. The lowest BCUT2D eigenvalue weighted by atomic mass is 9.98. The van der Waals surface area contributed by atoms with E-state index in [1.54, 1.807) is 0 Å². The van der Waals surface area contributed by atoms with Gasteiger partial charge in [0.25, 0.3) is 0 Å². The molecule has 18 heavy (non-hydrogen) atoms. The Hall–Kier alpha value is -1.02. The zero-order valence-electron chi connectivity index (χ0n) is 11.4. The van der Waals surface area contributed by atoms with E-state index in [1.807, 2.05) is 0 Å². The number of anilines is 1. The maximum atomic E-state index is 3.55. The molecule has 1 saturated carbocycles. The fourth-order valence-corrected chi connectivity index (χ4v) is 3.73. The minimum Gasteiger partial charge on any atom is -0.367 e. The molecule has 1 heterocycles. The van der Waals surface area contributed by atoms with Crippen molar-refractivity contribution in [1.29, 1.82) is 0 Å². The Morgan fingerprint density at radius 3 is 3.06 bits per heavy atom. The van der Waals surface area contributed by atoms with Gasteiger partial charge in [-0.05, 0) is 30.4 Å². The van der Waals surface area contributed by atoms with Crippen LogP contribution in [0.1, 0.15) is 38.2 Å². The third-order valence-electron chi connectivity index (χ3n) is 4.69. The van der Waals surface area contributed by atoms with Crippen molar-refractivity contribution in [2.75, 3.05) is 18.0 Å². The largest absolute Gasteiger partial charge is 0.367 e. The Labute approximate surface area is 110 Å². The third kappa shape index (κ3) is 2.14. The van der Waals surface area contributed by atoms with E-state index in [2.05, 4.69) is 41.4 Å². The smallest absolute Gasteiger partial charge is 0.0414 e. The number of para-hydroxylation sites is 1. The Balaban J connectivity index is 1.91. The summed E-state index contributed by atoms with van der Waals surface area (Å²) in [7, 11) is 0. The molecule has 0 saturated heterocycles. The van der Waals surface area contributed by atoms with Crippen molar-refractivity contribution in [3.63, 3.8) is 0 Å². The summed E-state index contributed by atoms with van der Waals surface area (Å²) in [6.07, 6.45) is 5.55. The van der Waals surface area contributed by atoms with E-state index < -0.39 is 0 Å². The van der Waals surface area contributed by atoms with Gasteiger partial charge >= 0.3 is 0 Å². The Kier molecular flexibility index (Phi) is 3.55. The summed E-state index contributed by atoms with van der Waals surface area (Å²) < 4.78 is 0. The van der Waals surface area contributed by atoms with E-state index in [1.165, 1.54) is 36.9 Å². The molecule has 2 heteroatoms. The highest BCUT2D eigenvalue weighted by atomic mass is 15.2. The summed E-state index contributed by atoms with van der Waals surface area (Å²) in [5.74, 6) is 0.899. The number of nitrogens with one attached hydrogen (secondary N) is 1. The van der Waals surface area contributed by atoms with Crippen LogP contribution in [0.25, 0.3) is 0 Å². The average Bonchev–Trinajstić information content (AvgIpc) is 2.78. The van der Waals surface area contributed by atoms with Crippen LogP contribution < -0.4 is 10.2 Å². The van der Waals surface area contributed by atoms with Crippen LogP contribution in [0.3, 0.4) is 0 Å². The lowest BCUT2D eigenvalue weighted by Gasteiger charge is -2.34. The number of hydrogen-bond donors (Lipinski definition) is 1. The summed E-state index contributed by atoms with van der Waals surface area (Å²) in [6, 6.07) is 9.71. The van der Waals surface area contributed by atoms with E-state index in [4.69, 9.17) is 0 Å². The molecule has 1 fully saturated rings. The van der Waals surface area contributed by atoms with Crippen LogP contribution in [0, 0.1) is 5.92 Å². The van der Waals surface area contributed by atoms with Gasteiger partial charge in [-0.15, -0.1) is 0 Å². The molecule has 98 valence electrons. The van der Waals surface area contributed by atoms with Gasteiger partial charge in [0.2, 0.25) is 0 Å². The maximum Gasteiger partial charge on any atom is 0.0414 e. The van der Waals surface area contributed by atoms with Crippen molar-refractivity contribution in [2.24, 2.45) is 5.92 Å². The summed E-state index contributed by atoms with van der Waals surface area (Å²) >= 11 is 0. The Morgan fingerprint density at radius 2 is 2.17 bits per heavy atom. The molecule has 0 aromatic heterocycles. The highest BCUT2D eigenvalue weighted by Crippen LogP contribution is 2.36. The monoisotopic (exact) mass is 244 g/mol. The second-order valence-electron chi connectivity index (χ2n) is 5.67. The molecule has 2 unspecified atom stereocenters. The van der Waals surface area contributed by atoms with Crippen molar-refractivity contribution in [3.8, 4) is 0 Å². The van der Waals surface area contributed by atoms with Gasteiger partial charge in [-0.25, -0.2) is 0 Å². The maximum absolute atomic E-state index is 3.55. The first kappa shape index (κ1) is 12.0. The van der Waals surface area contributed by atoms with Gasteiger partial charge in [-0.1, -0.05) is 38.0 Å². The molecule has 0 amide bonds. The topological polar surface area (TPSA) is 15.3 Å². The SMILES string of the molecule is CCC1CCCC1N1CCNCc2ccccc21. The molecule has 2 atom stereocenters. The number of fused-ring (bicyclic) bond motifs is 1. The van der Waals surface area contributed by atoms with Gasteiger partial charge in [0.1, 0.15) is 0 Å². The molecular formula is C16H24N2. The minimum absolute atomic E-state index is 0.774. The minimum atomic E-state index is 0.774. The van der Waals surface area contributed by atoms with Crippen LogP contribution in [0.15, 0.2) is 24.3 Å². The van der Waals surface area contributed by atoms with Gasteiger partial charge in [0, 0.05) is 31.4 Å². The van der Waals surface area contributed by atoms with E-state index in [-0.39, 0.29) is 0 Å². The zero-order chi connectivity index (χ0) is 12.4. The first-order chi connectivity index (χ1) is 8.90. The van der Waals surface area contributed by atoms with Gasteiger partial charge in [-0.2, -0.15) is 0 Å². The van der Waals surface area contributed by atoms with Crippen molar-refractivity contribution >= 4 is 5.69 Å². The third-order valence-corrected chi connectivity index (χ3v) is 4.69. The van der Waals surface area contributed by atoms with Crippen LogP contribution in [-0.2, 0) is 6.54 Å². The lowest BCUT2D eigenvalue weighted by molar-refractivity contribution is 0.436. The first-order valence-corrected chi connectivity index (χ1v) is 7.45. The molecule has 0 radical (unpaired) electrons. The molecule has 0 bridgehead atoms. The van der Waals surface area contributed by atoms with Crippen LogP contribution in [0.2, 0.25) is 0 Å². The van der Waals surface area contributed by atoms with E-state index in [9.17, 15) is 0 Å². The Bertz CT molecular complexity index is 402. The van der Waals surface area contributed by atoms with E-state index in [0.717, 1.165) is 31.6 Å². The van der Waals surface area contributed by atoms with Crippen LogP contribution in [0.4, 0.5) is 5.69 Å². The molecule has 1 N–H and O–H groups in total. The molecule has 1 aromatic rings. The normalized spacial score (nSPS) is 27.9. The summed E-state index contributed by atoms with van der Waals surface area (Å²) in [4.78, 5) is 2.69. The molecule has 0 spiro atoms. The molecule has 3 rings (SSSR count). The predicted molar refractivity (Wildman–Crippen MR) is 76.9 cm³/mol. The molecule has 1 aliphatic carbocycles. The highest BCUT2D eigenvalue weighted by molar-refractivity contribution is 5.55. The van der Waals surface area contributed by atoms with Crippen molar-refractivity contribution in [3.05, 3.63) is 29.8 Å². The van der Waals surface area contributed by atoms with E-state index >= 15 is 0 Å². The summed E-state index contributed by atoms with van der Waals surface area (Å²) in [5.41, 5.74) is 2.95. The quantitative estimate of drug-likeness (QED) is 0.859. The molecule has 1 aromatic carbocycles. The van der Waals surface area contributed by atoms with E-state index in [0.29, 0.717) is 0 Å². The summed E-state index contributed by atoms with van der Waals surface area (Å²) in [5, 5.41) is 3.55. The van der Waals surface area contributed by atoms with Gasteiger partial charge in [-0.3, -0.25) is 0 Å². The lowest BCUT2D eigenvalue weighted by Crippen LogP contribution is -2.40. The number of rotatable bonds is 2. The van der Waals surface area contributed by atoms with Gasteiger partial charge in [0.15, 0.2) is 0 Å². The van der Waals surface area contributed by atoms with Crippen LogP contribution >= 0.6 is 0 Å². The zero-order valence-corrected chi connectivity index (χ0v) is 11.4. The first-order valence-electron chi connectivity index (χ1n) is 7.45. The van der Waals surface area contributed by atoms with Gasteiger partial charge < -0.3 is 10.2 Å². The van der Waals surface area contributed by atoms with Crippen molar-refractivity contribution in [1.82, 2.24) is 5.32 Å². The highest BCUT2D eigenvalue weighted by Gasteiger charge is 2.32. The van der Waals surface area contributed by atoms with Crippen LogP contribution in [0.5, 0.6) is 0 Å². The standard InChI is InChI=1S/C16H24N2/c1-2-13-7-5-9-15(13)18-11-10-17-12-14-6-3-4-8-16(14)18/h3-4,6,8,13,15,17H,2,5,7,9-12H2,1H3. The number of benzene rings is 1.